The van der Waals surface area contributed by atoms with Crippen molar-refractivity contribution in [2.24, 2.45) is 0 Å². The Balaban J connectivity index is 1.41. The molecule has 1 aliphatic heterocycles. The number of rotatable bonds is 8. The third-order valence-corrected chi connectivity index (χ3v) is 5.91. The van der Waals surface area contributed by atoms with Gasteiger partial charge in [0.05, 0.1) is 18.5 Å². The normalized spacial score (nSPS) is 14.1. The van der Waals surface area contributed by atoms with E-state index in [4.69, 9.17) is 4.42 Å². The molecule has 0 bridgehead atoms. The zero-order valence-electron chi connectivity index (χ0n) is 16.6. The summed E-state index contributed by atoms with van der Waals surface area (Å²) >= 11 is 1.46. The van der Waals surface area contributed by atoms with Gasteiger partial charge in [0.25, 0.3) is 0 Å². The number of thioether (sulfide) groups is 1. The van der Waals surface area contributed by atoms with Crippen LogP contribution >= 0.6 is 11.8 Å². The van der Waals surface area contributed by atoms with E-state index < -0.39 is 5.82 Å². The minimum absolute atomic E-state index is 0.195. The van der Waals surface area contributed by atoms with Crippen LogP contribution in [0.25, 0.3) is 0 Å². The molecule has 30 heavy (non-hydrogen) atoms. The monoisotopic (exact) mass is 429 g/mol. The number of hydrogen-bond acceptors (Lipinski definition) is 6. The largest absolute Gasteiger partial charge is 0.467 e. The fraction of sp³-hybridized carbons (Fsp3) is 0.381. The first-order valence-electron chi connectivity index (χ1n) is 10.1. The van der Waals surface area contributed by atoms with Crippen LogP contribution in [0.1, 0.15) is 31.4 Å². The highest BCUT2D eigenvalue weighted by molar-refractivity contribution is 7.99. The van der Waals surface area contributed by atoms with Crippen LogP contribution in [-0.4, -0.2) is 39.5 Å². The summed E-state index contributed by atoms with van der Waals surface area (Å²) in [5.74, 6) is 1.50. The second-order valence-electron chi connectivity index (χ2n) is 7.12. The fourth-order valence-corrected chi connectivity index (χ4v) is 4.29. The topological polar surface area (TPSA) is 76.2 Å². The van der Waals surface area contributed by atoms with Gasteiger partial charge in [0.15, 0.2) is 5.16 Å². The Bertz CT molecular complexity index is 970. The number of para-hydroxylation sites is 1. The molecule has 1 fully saturated rings. The summed E-state index contributed by atoms with van der Waals surface area (Å²) in [6, 6.07) is 9.94. The van der Waals surface area contributed by atoms with Crippen molar-refractivity contribution in [2.45, 2.75) is 37.4 Å². The predicted octanol–water partition coefficient (Wildman–Crippen LogP) is 4.17. The summed E-state index contributed by atoms with van der Waals surface area (Å²) in [6.45, 7) is 2.47. The molecule has 3 heterocycles. The number of carbonyl (C=O) groups is 1. The average molecular weight is 430 g/mol. The summed E-state index contributed by atoms with van der Waals surface area (Å²) < 4.78 is 21.3. The molecular weight excluding hydrogens is 405 g/mol. The van der Waals surface area contributed by atoms with Crippen LogP contribution < -0.4 is 10.2 Å². The van der Waals surface area contributed by atoms with E-state index in [2.05, 4.69) is 20.4 Å². The number of benzene rings is 1. The van der Waals surface area contributed by atoms with Gasteiger partial charge in [0.1, 0.15) is 11.6 Å². The summed E-state index contributed by atoms with van der Waals surface area (Å²) in [5.41, 5.74) is 0.195. The van der Waals surface area contributed by atoms with Gasteiger partial charge in [-0.05, 0) is 43.5 Å². The van der Waals surface area contributed by atoms with E-state index in [1.165, 1.54) is 24.2 Å². The van der Waals surface area contributed by atoms with Gasteiger partial charge >= 0.3 is 0 Å². The van der Waals surface area contributed by atoms with E-state index in [0.717, 1.165) is 42.8 Å². The Morgan fingerprint density at radius 2 is 1.97 bits per heavy atom. The highest BCUT2D eigenvalue weighted by Gasteiger charge is 2.21. The van der Waals surface area contributed by atoms with Crippen LogP contribution in [0.2, 0.25) is 0 Å². The molecule has 3 aromatic rings. The molecule has 0 unspecified atom stereocenters. The van der Waals surface area contributed by atoms with Crippen molar-refractivity contribution < 1.29 is 13.6 Å². The Hall–Kier alpha value is -2.81. The zero-order chi connectivity index (χ0) is 20.8. The van der Waals surface area contributed by atoms with Gasteiger partial charge in [0, 0.05) is 25.3 Å². The van der Waals surface area contributed by atoms with Crippen LogP contribution in [0.4, 0.5) is 16.0 Å². The van der Waals surface area contributed by atoms with Crippen molar-refractivity contribution in [1.82, 2.24) is 14.8 Å². The molecule has 9 heteroatoms. The molecule has 1 amide bonds. The molecule has 0 atom stereocenters. The first kappa shape index (κ1) is 20.5. The molecule has 1 N–H and O–H groups in total. The van der Waals surface area contributed by atoms with E-state index in [0.29, 0.717) is 12.3 Å². The van der Waals surface area contributed by atoms with Crippen LogP contribution in [0.15, 0.2) is 52.2 Å². The Morgan fingerprint density at radius 1 is 1.13 bits per heavy atom. The van der Waals surface area contributed by atoms with E-state index >= 15 is 0 Å². The van der Waals surface area contributed by atoms with Gasteiger partial charge in [-0.15, -0.1) is 10.2 Å². The van der Waals surface area contributed by atoms with E-state index in [1.54, 1.807) is 24.5 Å². The Labute approximate surface area is 178 Å². The van der Waals surface area contributed by atoms with E-state index in [9.17, 15) is 9.18 Å². The number of hydrogen-bond donors (Lipinski definition) is 1. The lowest BCUT2D eigenvalue weighted by Gasteiger charge is -2.27. The molecule has 2 aromatic heterocycles. The molecular formula is C21H24FN5O2S. The predicted molar refractivity (Wildman–Crippen MR) is 114 cm³/mol. The zero-order valence-corrected chi connectivity index (χ0v) is 17.4. The minimum atomic E-state index is -0.442. The number of furan rings is 1. The SMILES string of the molecule is O=C(CCSc1nnc(N2CCCCC2)n1Cc1ccco1)Nc1ccccc1F. The molecule has 0 radical (unpaired) electrons. The molecule has 7 nitrogen and oxygen atoms in total. The lowest BCUT2D eigenvalue weighted by Crippen LogP contribution is -2.32. The fourth-order valence-electron chi connectivity index (χ4n) is 3.42. The quantitative estimate of drug-likeness (QED) is 0.542. The summed E-state index contributed by atoms with van der Waals surface area (Å²) in [4.78, 5) is 14.4. The number of carbonyl (C=O) groups excluding carboxylic acids is 1. The number of amides is 1. The number of nitrogens with one attached hydrogen (secondary N) is 1. The number of nitrogens with zero attached hydrogens (tertiary/aromatic N) is 4. The third kappa shape index (κ3) is 5.02. The van der Waals surface area contributed by atoms with E-state index in [1.807, 2.05) is 16.7 Å². The van der Waals surface area contributed by atoms with Gasteiger partial charge < -0.3 is 14.6 Å². The van der Waals surface area contributed by atoms with Crippen LogP contribution in [0, 0.1) is 5.82 Å². The summed E-state index contributed by atoms with van der Waals surface area (Å²) in [7, 11) is 0. The molecule has 158 valence electrons. The summed E-state index contributed by atoms with van der Waals surface area (Å²) in [5, 5.41) is 12.1. The third-order valence-electron chi connectivity index (χ3n) is 4.94. The van der Waals surface area contributed by atoms with Crippen molar-refractivity contribution in [1.29, 1.82) is 0 Å². The lowest BCUT2D eigenvalue weighted by atomic mass is 10.1. The second kappa shape index (κ2) is 9.80. The smallest absolute Gasteiger partial charge is 0.228 e. The van der Waals surface area contributed by atoms with Crippen molar-refractivity contribution in [2.75, 3.05) is 29.1 Å². The molecule has 1 aliphatic rings. The molecule has 1 saturated heterocycles. The van der Waals surface area contributed by atoms with E-state index in [-0.39, 0.29) is 18.0 Å². The van der Waals surface area contributed by atoms with Crippen molar-refractivity contribution in [3.63, 3.8) is 0 Å². The minimum Gasteiger partial charge on any atom is -0.467 e. The van der Waals surface area contributed by atoms with Gasteiger partial charge in [-0.1, -0.05) is 23.9 Å². The van der Waals surface area contributed by atoms with Gasteiger partial charge in [-0.25, -0.2) is 4.39 Å². The second-order valence-corrected chi connectivity index (χ2v) is 8.18. The molecule has 1 aromatic carbocycles. The van der Waals surface area contributed by atoms with Gasteiger partial charge in [-0.3, -0.25) is 9.36 Å². The maximum atomic E-state index is 13.7. The number of anilines is 2. The lowest BCUT2D eigenvalue weighted by molar-refractivity contribution is -0.115. The van der Waals surface area contributed by atoms with Gasteiger partial charge in [0.2, 0.25) is 11.9 Å². The molecule has 4 rings (SSSR count). The number of aromatic nitrogens is 3. The molecule has 0 spiro atoms. The first-order valence-corrected chi connectivity index (χ1v) is 11.1. The number of halogens is 1. The van der Waals surface area contributed by atoms with Gasteiger partial charge in [-0.2, -0.15) is 0 Å². The molecule has 0 saturated carbocycles. The van der Waals surface area contributed by atoms with Crippen LogP contribution in [-0.2, 0) is 11.3 Å². The Kier molecular flexibility index (Phi) is 6.68. The number of piperidine rings is 1. The standard InChI is InChI=1S/C21H24FN5O2S/c22-17-8-2-3-9-18(17)23-19(28)10-14-30-21-25-24-20(26-11-4-1-5-12-26)27(21)15-16-7-6-13-29-16/h2-3,6-9,13H,1,4-5,10-12,14-15H2,(H,23,28). The maximum absolute atomic E-state index is 13.7. The van der Waals surface area contributed by atoms with Crippen molar-refractivity contribution >= 4 is 29.3 Å². The highest BCUT2D eigenvalue weighted by Crippen LogP contribution is 2.26. The van der Waals surface area contributed by atoms with Crippen molar-refractivity contribution in [3.8, 4) is 0 Å². The van der Waals surface area contributed by atoms with Crippen LogP contribution in [0.5, 0.6) is 0 Å². The molecule has 0 aliphatic carbocycles. The van der Waals surface area contributed by atoms with Crippen molar-refractivity contribution in [3.05, 3.63) is 54.2 Å². The Morgan fingerprint density at radius 3 is 2.73 bits per heavy atom. The maximum Gasteiger partial charge on any atom is 0.228 e. The first-order chi connectivity index (χ1) is 14.7. The average Bonchev–Trinajstić information content (AvgIpc) is 3.41. The summed E-state index contributed by atoms with van der Waals surface area (Å²) in [6.07, 6.45) is 5.42. The highest BCUT2D eigenvalue weighted by atomic mass is 32.2. The van der Waals surface area contributed by atoms with Crippen LogP contribution in [0.3, 0.4) is 0 Å².